The number of amides is 1. The first-order chi connectivity index (χ1) is 12.5. The summed E-state index contributed by atoms with van der Waals surface area (Å²) in [4.78, 5) is 16.6. The lowest BCUT2D eigenvalue weighted by Crippen LogP contribution is -2.34. The van der Waals surface area contributed by atoms with Gasteiger partial charge in [0.05, 0.1) is 0 Å². The summed E-state index contributed by atoms with van der Waals surface area (Å²) in [6.45, 7) is -0.183. The zero-order chi connectivity index (χ0) is 18.5. The summed E-state index contributed by atoms with van der Waals surface area (Å²) in [6, 6.07) is 12.2. The van der Waals surface area contributed by atoms with Crippen LogP contribution in [0.4, 0.5) is 4.39 Å². The van der Waals surface area contributed by atoms with E-state index in [0.29, 0.717) is 22.2 Å². The van der Waals surface area contributed by atoms with Crippen molar-refractivity contribution in [2.45, 2.75) is 6.04 Å². The first-order valence-corrected chi connectivity index (χ1v) is 8.31. The molecule has 0 aliphatic rings. The maximum Gasteiger partial charge on any atom is 0.258 e. The molecule has 1 amide bonds. The fraction of sp³-hybridized carbons (Fsp3) is 0.158. The van der Waals surface area contributed by atoms with Gasteiger partial charge in [0.1, 0.15) is 23.4 Å². The Hall–Kier alpha value is -2.86. The number of carbonyl (C=O) groups excluding carboxylic acids is 1. The summed E-state index contributed by atoms with van der Waals surface area (Å²) in [7, 11) is 1.81. The quantitative estimate of drug-likeness (QED) is 0.719. The van der Waals surface area contributed by atoms with E-state index >= 15 is 0 Å². The third kappa shape index (κ3) is 4.40. The summed E-state index contributed by atoms with van der Waals surface area (Å²) in [6.07, 6.45) is 3.38. The fourth-order valence-electron chi connectivity index (χ4n) is 2.52. The van der Waals surface area contributed by atoms with Gasteiger partial charge in [0.15, 0.2) is 6.61 Å². The van der Waals surface area contributed by atoms with Crippen LogP contribution in [0.3, 0.4) is 0 Å². The van der Waals surface area contributed by atoms with Gasteiger partial charge in [-0.1, -0.05) is 23.7 Å². The zero-order valence-electron chi connectivity index (χ0n) is 14.0. The second-order valence-electron chi connectivity index (χ2n) is 5.69. The van der Waals surface area contributed by atoms with Crippen molar-refractivity contribution in [1.29, 1.82) is 0 Å². The van der Waals surface area contributed by atoms with Crippen LogP contribution in [0.2, 0.25) is 5.02 Å². The number of benzene rings is 2. The van der Waals surface area contributed by atoms with Gasteiger partial charge in [-0.3, -0.25) is 4.79 Å². The molecule has 134 valence electrons. The van der Waals surface area contributed by atoms with Crippen LogP contribution in [0.25, 0.3) is 0 Å². The van der Waals surface area contributed by atoms with E-state index in [-0.39, 0.29) is 18.3 Å². The predicted octanol–water partition coefficient (Wildman–Crippen LogP) is 3.50. The molecule has 3 rings (SSSR count). The molecule has 0 bridgehead atoms. The van der Waals surface area contributed by atoms with Crippen molar-refractivity contribution in [1.82, 2.24) is 14.9 Å². The van der Waals surface area contributed by atoms with Crippen molar-refractivity contribution in [2.24, 2.45) is 7.05 Å². The number of imidazole rings is 1. The number of hydrogen-bond acceptors (Lipinski definition) is 3. The van der Waals surface area contributed by atoms with E-state index in [9.17, 15) is 9.18 Å². The van der Waals surface area contributed by atoms with Crippen LogP contribution in [0.15, 0.2) is 60.9 Å². The van der Waals surface area contributed by atoms with E-state index in [1.807, 2.05) is 7.05 Å². The SMILES string of the molecule is Cn1ccnc1[C@H](NC(=O)COc1ccc(Cl)cc1)c1cccc(F)c1. The smallest absolute Gasteiger partial charge is 0.258 e. The Morgan fingerprint density at radius 1 is 1.31 bits per heavy atom. The van der Waals surface area contributed by atoms with E-state index in [0.717, 1.165) is 0 Å². The van der Waals surface area contributed by atoms with Crippen molar-refractivity contribution < 1.29 is 13.9 Å². The van der Waals surface area contributed by atoms with Gasteiger partial charge < -0.3 is 14.6 Å². The largest absolute Gasteiger partial charge is 0.484 e. The Kier molecular flexibility index (Phi) is 5.53. The topological polar surface area (TPSA) is 56.2 Å². The highest BCUT2D eigenvalue weighted by molar-refractivity contribution is 6.30. The van der Waals surface area contributed by atoms with Gasteiger partial charge in [-0.05, 0) is 42.0 Å². The van der Waals surface area contributed by atoms with Gasteiger partial charge in [-0.15, -0.1) is 0 Å². The van der Waals surface area contributed by atoms with Gasteiger partial charge >= 0.3 is 0 Å². The van der Waals surface area contributed by atoms with Crippen LogP contribution in [-0.4, -0.2) is 22.1 Å². The number of hydrogen-bond donors (Lipinski definition) is 1. The monoisotopic (exact) mass is 373 g/mol. The molecule has 0 radical (unpaired) electrons. The van der Waals surface area contributed by atoms with Crippen molar-refractivity contribution in [3.63, 3.8) is 0 Å². The molecule has 7 heteroatoms. The maximum absolute atomic E-state index is 13.6. The summed E-state index contributed by atoms with van der Waals surface area (Å²) in [5.74, 6) is 0.393. The number of halogens is 2. The molecule has 0 aliphatic heterocycles. The molecule has 0 saturated heterocycles. The highest BCUT2D eigenvalue weighted by Gasteiger charge is 2.21. The van der Waals surface area contributed by atoms with Crippen molar-refractivity contribution >= 4 is 17.5 Å². The third-order valence-corrected chi connectivity index (χ3v) is 4.04. The van der Waals surface area contributed by atoms with Crippen molar-refractivity contribution in [2.75, 3.05) is 6.61 Å². The number of nitrogens with zero attached hydrogens (tertiary/aromatic N) is 2. The Bertz CT molecular complexity index is 896. The number of aryl methyl sites for hydroxylation is 1. The molecule has 26 heavy (non-hydrogen) atoms. The molecule has 0 fully saturated rings. The van der Waals surface area contributed by atoms with E-state index in [2.05, 4.69) is 10.3 Å². The van der Waals surface area contributed by atoms with Crippen LogP contribution in [0.1, 0.15) is 17.4 Å². The lowest BCUT2D eigenvalue weighted by molar-refractivity contribution is -0.123. The Morgan fingerprint density at radius 2 is 2.08 bits per heavy atom. The second-order valence-corrected chi connectivity index (χ2v) is 6.13. The van der Waals surface area contributed by atoms with Crippen LogP contribution < -0.4 is 10.1 Å². The molecule has 1 heterocycles. The number of nitrogens with one attached hydrogen (secondary N) is 1. The van der Waals surface area contributed by atoms with E-state index in [4.69, 9.17) is 16.3 Å². The fourth-order valence-corrected chi connectivity index (χ4v) is 2.65. The van der Waals surface area contributed by atoms with Gasteiger partial charge in [-0.25, -0.2) is 9.37 Å². The minimum absolute atomic E-state index is 0.183. The second kappa shape index (κ2) is 8.01. The van der Waals surface area contributed by atoms with Gasteiger partial charge in [0.2, 0.25) is 0 Å². The van der Waals surface area contributed by atoms with E-state index in [1.54, 1.807) is 53.4 Å². The van der Waals surface area contributed by atoms with Crippen LogP contribution in [-0.2, 0) is 11.8 Å². The average molecular weight is 374 g/mol. The molecule has 1 N–H and O–H groups in total. The molecular formula is C19H17ClFN3O2. The van der Waals surface area contributed by atoms with Crippen molar-refractivity contribution in [3.05, 3.63) is 83.2 Å². The number of aromatic nitrogens is 2. The zero-order valence-corrected chi connectivity index (χ0v) is 14.8. The molecule has 0 spiro atoms. The third-order valence-electron chi connectivity index (χ3n) is 3.79. The van der Waals surface area contributed by atoms with Crippen LogP contribution in [0.5, 0.6) is 5.75 Å². The van der Waals surface area contributed by atoms with Gasteiger partial charge in [-0.2, -0.15) is 0 Å². The molecule has 1 atom stereocenters. The van der Waals surface area contributed by atoms with Crippen molar-refractivity contribution in [3.8, 4) is 5.75 Å². The highest BCUT2D eigenvalue weighted by atomic mass is 35.5. The summed E-state index contributed by atoms with van der Waals surface area (Å²) in [5.41, 5.74) is 0.596. The summed E-state index contributed by atoms with van der Waals surface area (Å²) >= 11 is 5.82. The van der Waals surface area contributed by atoms with Gasteiger partial charge in [0.25, 0.3) is 5.91 Å². The Morgan fingerprint density at radius 3 is 2.73 bits per heavy atom. The minimum atomic E-state index is -0.591. The highest BCUT2D eigenvalue weighted by Crippen LogP contribution is 2.21. The molecule has 3 aromatic rings. The molecule has 0 unspecified atom stereocenters. The molecule has 1 aromatic heterocycles. The summed E-state index contributed by atoms with van der Waals surface area (Å²) < 4.78 is 20.9. The minimum Gasteiger partial charge on any atom is -0.484 e. The molecule has 5 nitrogen and oxygen atoms in total. The molecule has 2 aromatic carbocycles. The van der Waals surface area contributed by atoms with Crippen LogP contribution >= 0.6 is 11.6 Å². The van der Waals surface area contributed by atoms with Crippen LogP contribution in [0, 0.1) is 5.82 Å². The predicted molar refractivity (Wildman–Crippen MR) is 96.5 cm³/mol. The lowest BCUT2D eigenvalue weighted by Gasteiger charge is -2.19. The number of carbonyl (C=O) groups is 1. The molecule has 0 saturated carbocycles. The Labute approximate surface area is 155 Å². The normalized spacial score (nSPS) is 11.8. The Balaban J connectivity index is 1.74. The first kappa shape index (κ1) is 17.9. The van der Waals surface area contributed by atoms with E-state index in [1.165, 1.54) is 12.1 Å². The number of rotatable bonds is 6. The van der Waals surface area contributed by atoms with E-state index < -0.39 is 6.04 Å². The molecule has 0 aliphatic carbocycles. The lowest BCUT2D eigenvalue weighted by atomic mass is 10.1. The average Bonchev–Trinajstić information content (AvgIpc) is 3.05. The maximum atomic E-state index is 13.6. The summed E-state index contributed by atoms with van der Waals surface area (Å²) in [5, 5.41) is 3.43. The molecular weight excluding hydrogens is 357 g/mol. The standard InChI is InChI=1S/C19H17ClFN3O2/c1-24-10-9-22-19(24)18(13-3-2-4-15(21)11-13)23-17(25)12-26-16-7-5-14(20)6-8-16/h2-11,18H,12H2,1H3,(H,23,25)/t18-/m1/s1. The first-order valence-electron chi connectivity index (χ1n) is 7.93. The van der Waals surface area contributed by atoms with Gasteiger partial charge in [0, 0.05) is 24.5 Å². The number of ether oxygens (including phenoxy) is 1.